The van der Waals surface area contributed by atoms with Crippen LogP contribution in [-0.2, 0) is 7.05 Å². The number of carbonyl (C=O) groups excluding carboxylic acids is 1. The van der Waals surface area contributed by atoms with Crippen molar-refractivity contribution in [2.45, 2.75) is 0 Å². The lowest BCUT2D eigenvalue weighted by molar-refractivity contribution is -0.279. The van der Waals surface area contributed by atoms with Crippen LogP contribution in [0.1, 0.15) is 10.4 Å². The average Bonchev–Trinajstić information content (AvgIpc) is 2.98. The summed E-state index contributed by atoms with van der Waals surface area (Å²) in [6, 6.07) is 6.56. The SMILES string of the molecule is Cn1c([O-])c(C(=O)Nc2nccs2)c2ccccc2c1=O. The molecule has 0 unspecified atom stereocenters. The second kappa shape index (κ2) is 5.02. The highest BCUT2D eigenvalue weighted by atomic mass is 32.1. The topological polar surface area (TPSA) is 87.1 Å². The first kappa shape index (κ1) is 13.3. The molecule has 0 aliphatic carbocycles. The molecule has 3 aromatic rings. The van der Waals surface area contributed by atoms with Crippen molar-refractivity contribution in [3.63, 3.8) is 0 Å². The Kier molecular flexibility index (Phi) is 3.19. The third-order valence-corrected chi connectivity index (χ3v) is 3.82. The first-order valence-electron chi connectivity index (χ1n) is 6.09. The summed E-state index contributed by atoms with van der Waals surface area (Å²) in [5.74, 6) is -1.19. The minimum atomic E-state index is -0.618. The quantitative estimate of drug-likeness (QED) is 0.773. The lowest BCUT2D eigenvalue weighted by atomic mass is 10.1. The van der Waals surface area contributed by atoms with Crippen molar-refractivity contribution in [3.05, 3.63) is 51.8 Å². The Morgan fingerprint density at radius 3 is 2.71 bits per heavy atom. The molecule has 0 saturated carbocycles. The van der Waals surface area contributed by atoms with E-state index in [1.165, 1.54) is 18.4 Å². The predicted octanol–water partition coefficient (Wildman–Crippen LogP) is 1.32. The number of pyridine rings is 1. The second-order valence-corrected chi connectivity index (χ2v) is 5.28. The number of anilines is 1. The van der Waals surface area contributed by atoms with E-state index in [9.17, 15) is 14.7 Å². The fraction of sp³-hybridized carbons (Fsp3) is 0.0714. The number of thiazole rings is 1. The summed E-state index contributed by atoms with van der Waals surface area (Å²) >= 11 is 1.25. The molecule has 0 atom stereocenters. The monoisotopic (exact) mass is 300 g/mol. The molecule has 6 nitrogen and oxygen atoms in total. The van der Waals surface area contributed by atoms with Gasteiger partial charge in [-0.15, -0.1) is 11.3 Å². The van der Waals surface area contributed by atoms with Gasteiger partial charge < -0.3 is 9.67 Å². The largest absolute Gasteiger partial charge is 0.859 e. The molecule has 0 radical (unpaired) electrons. The molecule has 1 N–H and O–H groups in total. The Morgan fingerprint density at radius 1 is 1.33 bits per heavy atom. The zero-order chi connectivity index (χ0) is 15.0. The zero-order valence-electron chi connectivity index (χ0n) is 11.0. The van der Waals surface area contributed by atoms with Crippen LogP contribution in [0.4, 0.5) is 5.13 Å². The van der Waals surface area contributed by atoms with E-state index in [-0.39, 0.29) is 5.56 Å². The Balaban J connectivity index is 2.22. The number of hydrogen-bond donors (Lipinski definition) is 1. The van der Waals surface area contributed by atoms with Crippen molar-refractivity contribution in [1.29, 1.82) is 0 Å². The van der Waals surface area contributed by atoms with Gasteiger partial charge in [-0.25, -0.2) is 4.98 Å². The predicted molar refractivity (Wildman–Crippen MR) is 78.7 cm³/mol. The van der Waals surface area contributed by atoms with Gasteiger partial charge in [-0.05, 0) is 11.9 Å². The molecule has 0 saturated heterocycles. The molecule has 1 amide bonds. The summed E-state index contributed by atoms with van der Waals surface area (Å²) in [6.45, 7) is 0. The molecule has 3 rings (SSSR count). The van der Waals surface area contributed by atoms with E-state index in [0.29, 0.717) is 15.9 Å². The van der Waals surface area contributed by atoms with Crippen molar-refractivity contribution in [1.82, 2.24) is 9.55 Å². The van der Waals surface area contributed by atoms with E-state index in [1.807, 2.05) is 0 Å². The van der Waals surface area contributed by atoms with Crippen LogP contribution in [0.5, 0.6) is 5.88 Å². The van der Waals surface area contributed by atoms with E-state index in [0.717, 1.165) is 4.57 Å². The van der Waals surface area contributed by atoms with Gasteiger partial charge in [0, 0.05) is 29.4 Å². The van der Waals surface area contributed by atoms with E-state index >= 15 is 0 Å². The molecule has 1 aromatic carbocycles. The van der Waals surface area contributed by atoms with Gasteiger partial charge in [-0.1, -0.05) is 18.2 Å². The van der Waals surface area contributed by atoms with Crippen molar-refractivity contribution in [2.75, 3.05) is 5.32 Å². The Hall–Kier alpha value is -2.67. The number of nitrogens with one attached hydrogen (secondary N) is 1. The third kappa shape index (κ3) is 2.17. The highest BCUT2D eigenvalue weighted by Crippen LogP contribution is 2.23. The van der Waals surface area contributed by atoms with Crippen LogP contribution < -0.4 is 16.0 Å². The van der Waals surface area contributed by atoms with Crippen LogP contribution in [0.15, 0.2) is 40.6 Å². The fourth-order valence-corrected chi connectivity index (χ4v) is 2.63. The highest BCUT2D eigenvalue weighted by molar-refractivity contribution is 7.13. The number of amides is 1. The summed E-state index contributed by atoms with van der Waals surface area (Å²) in [5, 5.41) is 17.6. The van der Waals surface area contributed by atoms with Crippen molar-refractivity contribution >= 4 is 33.1 Å². The lowest BCUT2D eigenvalue weighted by Gasteiger charge is -2.19. The van der Waals surface area contributed by atoms with Gasteiger partial charge in [0.2, 0.25) is 0 Å². The number of nitrogens with zero attached hydrogens (tertiary/aromatic N) is 2. The molecule has 0 aliphatic rings. The number of aromatic nitrogens is 2. The Bertz CT molecular complexity index is 884. The normalized spacial score (nSPS) is 10.7. The minimum Gasteiger partial charge on any atom is -0.859 e. The highest BCUT2D eigenvalue weighted by Gasteiger charge is 2.16. The van der Waals surface area contributed by atoms with Gasteiger partial charge in [-0.2, -0.15) is 0 Å². The molecule has 0 aliphatic heterocycles. The Labute approximate surface area is 123 Å². The van der Waals surface area contributed by atoms with E-state index in [2.05, 4.69) is 10.3 Å². The standard InChI is InChI=1S/C14H11N3O3S/c1-17-12(19)9-5-3-2-4-8(9)10(13(17)20)11(18)16-14-15-6-7-21-14/h2-7,20H,1H3,(H,15,16,18)/p-1. The summed E-state index contributed by atoms with van der Waals surface area (Å²) in [4.78, 5) is 28.4. The summed E-state index contributed by atoms with van der Waals surface area (Å²) in [6.07, 6.45) is 1.55. The van der Waals surface area contributed by atoms with Crippen LogP contribution in [0, 0.1) is 0 Å². The van der Waals surface area contributed by atoms with Gasteiger partial charge >= 0.3 is 0 Å². The van der Waals surface area contributed by atoms with Gasteiger partial charge in [0.05, 0.1) is 5.56 Å². The number of carbonyl (C=O) groups is 1. The van der Waals surface area contributed by atoms with E-state index < -0.39 is 17.3 Å². The van der Waals surface area contributed by atoms with E-state index in [4.69, 9.17) is 0 Å². The first-order valence-corrected chi connectivity index (χ1v) is 6.97. The molecular formula is C14H10N3O3S-. The number of fused-ring (bicyclic) bond motifs is 1. The average molecular weight is 300 g/mol. The fourth-order valence-electron chi connectivity index (χ4n) is 2.11. The van der Waals surface area contributed by atoms with Gasteiger partial charge in [0.15, 0.2) is 5.13 Å². The molecule has 0 fully saturated rings. The van der Waals surface area contributed by atoms with Crippen LogP contribution in [0.3, 0.4) is 0 Å². The van der Waals surface area contributed by atoms with Gasteiger partial charge in [0.1, 0.15) is 0 Å². The lowest BCUT2D eigenvalue weighted by Crippen LogP contribution is -2.26. The maximum absolute atomic E-state index is 12.4. The smallest absolute Gasteiger partial charge is 0.258 e. The molecule has 2 heterocycles. The van der Waals surface area contributed by atoms with Crippen LogP contribution in [0.25, 0.3) is 10.8 Å². The molecule has 0 spiro atoms. The summed E-state index contributed by atoms with van der Waals surface area (Å²) in [7, 11) is 1.36. The molecule has 7 heteroatoms. The zero-order valence-corrected chi connectivity index (χ0v) is 11.8. The summed E-state index contributed by atoms with van der Waals surface area (Å²) in [5.41, 5.74) is -0.468. The number of hydrogen-bond acceptors (Lipinski definition) is 5. The maximum atomic E-state index is 12.4. The Morgan fingerprint density at radius 2 is 2.05 bits per heavy atom. The molecule has 0 bridgehead atoms. The van der Waals surface area contributed by atoms with Gasteiger partial charge in [-0.3, -0.25) is 14.9 Å². The van der Waals surface area contributed by atoms with Crippen LogP contribution in [0.2, 0.25) is 0 Å². The van der Waals surface area contributed by atoms with E-state index in [1.54, 1.807) is 35.8 Å². The van der Waals surface area contributed by atoms with Crippen molar-refractivity contribution in [3.8, 4) is 5.88 Å². The molecule has 21 heavy (non-hydrogen) atoms. The molecule has 106 valence electrons. The number of rotatable bonds is 2. The van der Waals surface area contributed by atoms with Gasteiger partial charge in [0.25, 0.3) is 11.5 Å². The second-order valence-electron chi connectivity index (χ2n) is 4.38. The molecular weight excluding hydrogens is 290 g/mol. The first-order chi connectivity index (χ1) is 10.1. The van der Waals surface area contributed by atoms with Crippen LogP contribution >= 0.6 is 11.3 Å². The number of benzene rings is 1. The van der Waals surface area contributed by atoms with Crippen molar-refractivity contribution in [2.24, 2.45) is 7.05 Å². The van der Waals surface area contributed by atoms with Crippen LogP contribution in [-0.4, -0.2) is 15.5 Å². The third-order valence-electron chi connectivity index (χ3n) is 3.13. The summed E-state index contributed by atoms with van der Waals surface area (Å²) < 4.78 is 0.944. The van der Waals surface area contributed by atoms with Crippen molar-refractivity contribution < 1.29 is 9.90 Å². The minimum absolute atomic E-state index is 0.0529. The molecule has 2 aromatic heterocycles. The maximum Gasteiger partial charge on any atom is 0.258 e.